The third-order valence-corrected chi connectivity index (χ3v) is 7.95. The number of benzene rings is 2. The second-order valence-corrected chi connectivity index (χ2v) is 10.3. The second-order valence-electron chi connectivity index (χ2n) is 10.3. The van der Waals surface area contributed by atoms with Crippen LogP contribution in [0.5, 0.6) is 0 Å². The number of fused-ring (bicyclic) bond motifs is 2. The first-order chi connectivity index (χ1) is 17.5. The summed E-state index contributed by atoms with van der Waals surface area (Å²) in [6.07, 6.45) is 6.28. The van der Waals surface area contributed by atoms with Gasteiger partial charge >= 0.3 is 0 Å². The van der Waals surface area contributed by atoms with E-state index in [9.17, 15) is 4.39 Å². The first kappa shape index (κ1) is 23.2. The van der Waals surface area contributed by atoms with Crippen molar-refractivity contribution in [2.75, 3.05) is 4.90 Å². The van der Waals surface area contributed by atoms with Gasteiger partial charge in [-0.3, -0.25) is 16.1 Å². The molecule has 8 heteroatoms. The molecule has 188 valence electrons. The summed E-state index contributed by atoms with van der Waals surface area (Å²) < 4.78 is 27.0. The van der Waals surface area contributed by atoms with Crippen LogP contribution in [0.1, 0.15) is 66.9 Å². The van der Waals surface area contributed by atoms with Crippen LogP contribution in [0.2, 0.25) is 0 Å². The summed E-state index contributed by atoms with van der Waals surface area (Å²) in [6.45, 7) is 2.58. The van der Waals surface area contributed by atoms with Crippen LogP contribution in [0, 0.1) is 18.2 Å². The molecule has 0 spiro atoms. The lowest BCUT2D eigenvalue weighted by Crippen LogP contribution is -2.45. The van der Waals surface area contributed by atoms with Crippen LogP contribution in [0.15, 0.2) is 47.0 Å². The number of halogens is 1. The number of hydrogen-bond acceptors (Lipinski definition) is 6. The summed E-state index contributed by atoms with van der Waals surface area (Å²) in [7, 11) is 0. The Bertz CT molecular complexity index is 1270. The molecule has 3 aromatic rings. The summed E-state index contributed by atoms with van der Waals surface area (Å²) in [5.41, 5.74) is 6.84. The van der Waals surface area contributed by atoms with Crippen LogP contribution >= 0.6 is 0 Å². The minimum absolute atomic E-state index is 0.0523. The van der Waals surface area contributed by atoms with Crippen molar-refractivity contribution in [2.24, 2.45) is 0 Å². The van der Waals surface area contributed by atoms with E-state index in [4.69, 9.17) is 19.9 Å². The molecule has 0 amide bonds. The Morgan fingerprint density at radius 3 is 2.58 bits per heavy atom. The van der Waals surface area contributed by atoms with E-state index < -0.39 is 5.82 Å². The van der Waals surface area contributed by atoms with Crippen LogP contribution in [-0.2, 0) is 11.3 Å². The Morgan fingerprint density at radius 1 is 1.17 bits per heavy atom. The van der Waals surface area contributed by atoms with Crippen molar-refractivity contribution in [3.8, 4) is 11.3 Å². The zero-order chi connectivity index (χ0) is 24.8. The maximum absolute atomic E-state index is 14.6. The number of anilines is 1. The number of hydroxylamine groups is 1. The molecule has 3 fully saturated rings. The van der Waals surface area contributed by atoms with Gasteiger partial charge in [-0.2, -0.15) is 0 Å². The zero-order valence-corrected chi connectivity index (χ0v) is 20.3. The Labute approximate surface area is 209 Å². The summed E-state index contributed by atoms with van der Waals surface area (Å²) in [5, 5.41) is 21.1. The van der Waals surface area contributed by atoms with Gasteiger partial charge < -0.3 is 14.2 Å². The molecule has 2 saturated heterocycles. The first-order valence-corrected chi connectivity index (χ1v) is 12.8. The molecule has 6 rings (SSSR count). The van der Waals surface area contributed by atoms with Crippen molar-refractivity contribution in [3.63, 3.8) is 0 Å². The molecule has 2 aliphatic heterocycles. The molecule has 2 aromatic carbocycles. The van der Waals surface area contributed by atoms with E-state index in [2.05, 4.69) is 29.1 Å². The van der Waals surface area contributed by atoms with Crippen LogP contribution in [0.25, 0.3) is 11.3 Å². The smallest absolute Gasteiger partial charge is 0.152 e. The van der Waals surface area contributed by atoms with Gasteiger partial charge in [-0.25, -0.2) is 4.39 Å². The fraction of sp³-hybridized carbons (Fsp3) is 0.429. The standard InChI is InChI=1S/C28H31FN4O3/c1-16-4-2-3-5-22(16)26-24(27(36-32-26)17-6-7-17)15-35-21-12-18-8-9-19(13-21)33(18)20-10-11-23(25(29)14-20)28(30)31-34/h2-5,10-11,14,17-19,21,34H,6-9,12-13,15H2,1H3,(H2,30,31)/t18-,19+,21+. The van der Waals surface area contributed by atoms with Crippen molar-refractivity contribution in [3.05, 3.63) is 70.7 Å². The van der Waals surface area contributed by atoms with E-state index in [-0.39, 0.29) is 29.6 Å². The lowest BCUT2D eigenvalue weighted by atomic mass is 9.97. The maximum atomic E-state index is 14.6. The molecule has 3 atom stereocenters. The van der Waals surface area contributed by atoms with Crippen LogP contribution in [-0.4, -0.2) is 34.4 Å². The summed E-state index contributed by atoms with van der Waals surface area (Å²) >= 11 is 0. The van der Waals surface area contributed by atoms with Crippen molar-refractivity contribution >= 4 is 11.5 Å². The topological polar surface area (TPSA) is 94.6 Å². The number of aromatic nitrogens is 1. The molecule has 1 saturated carbocycles. The molecule has 0 radical (unpaired) electrons. The number of nitrogens with one attached hydrogen (secondary N) is 2. The first-order valence-electron chi connectivity index (χ1n) is 12.8. The average Bonchev–Trinajstić information content (AvgIpc) is 3.59. The zero-order valence-electron chi connectivity index (χ0n) is 20.3. The van der Waals surface area contributed by atoms with Gasteiger partial charge in [0.05, 0.1) is 18.3 Å². The molecule has 1 aliphatic carbocycles. The monoisotopic (exact) mass is 490 g/mol. The number of piperidine rings is 1. The van der Waals surface area contributed by atoms with Gasteiger partial charge in [-0.15, -0.1) is 0 Å². The molecule has 3 heterocycles. The molecular formula is C28H31FN4O3. The Morgan fingerprint density at radius 2 is 1.92 bits per heavy atom. The number of aryl methyl sites for hydroxylation is 1. The normalized spacial score (nSPS) is 23.2. The highest BCUT2D eigenvalue weighted by Crippen LogP contribution is 2.45. The van der Waals surface area contributed by atoms with E-state index in [1.165, 1.54) is 11.6 Å². The summed E-state index contributed by atoms with van der Waals surface area (Å²) in [4.78, 5) is 2.32. The van der Waals surface area contributed by atoms with Gasteiger partial charge in [-0.05, 0) is 69.2 Å². The van der Waals surface area contributed by atoms with Crippen molar-refractivity contribution < 1.29 is 18.9 Å². The third-order valence-electron chi connectivity index (χ3n) is 7.95. The van der Waals surface area contributed by atoms with Crippen molar-refractivity contribution in [2.45, 2.75) is 76.2 Å². The van der Waals surface area contributed by atoms with Crippen molar-refractivity contribution in [1.82, 2.24) is 10.6 Å². The SMILES string of the molecule is Cc1ccccc1-c1noc(C2CC2)c1CO[C@H]1C[C@H]2CC[C@@H](C1)N2c1ccc(C(=N)NO)c(F)c1. The number of rotatable bonds is 7. The minimum atomic E-state index is -0.513. The van der Waals surface area contributed by atoms with E-state index in [0.29, 0.717) is 12.5 Å². The molecule has 3 N–H and O–H groups in total. The number of amidine groups is 1. The molecule has 1 aromatic heterocycles. The lowest BCUT2D eigenvalue weighted by Gasteiger charge is -2.40. The Balaban J connectivity index is 1.18. The predicted molar refractivity (Wildman–Crippen MR) is 134 cm³/mol. The van der Waals surface area contributed by atoms with Gasteiger partial charge in [0.15, 0.2) is 5.84 Å². The van der Waals surface area contributed by atoms with Crippen LogP contribution in [0.4, 0.5) is 10.1 Å². The average molecular weight is 491 g/mol. The molecular weight excluding hydrogens is 459 g/mol. The van der Waals surface area contributed by atoms with Crippen LogP contribution < -0.4 is 10.4 Å². The van der Waals surface area contributed by atoms with Gasteiger partial charge in [0.25, 0.3) is 0 Å². The predicted octanol–water partition coefficient (Wildman–Crippen LogP) is 5.69. The Kier molecular flexibility index (Phi) is 6.01. The van der Waals surface area contributed by atoms with E-state index in [1.807, 2.05) is 18.2 Å². The maximum Gasteiger partial charge on any atom is 0.152 e. The van der Waals surface area contributed by atoms with E-state index >= 15 is 0 Å². The van der Waals surface area contributed by atoms with Gasteiger partial charge in [-0.1, -0.05) is 29.4 Å². The highest BCUT2D eigenvalue weighted by atomic mass is 19.1. The minimum Gasteiger partial charge on any atom is -0.373 e. The van der Waals surface area contributed by atoms with Gasteiger partial charge in [0.1, 0.15) is 17.3 Å². The molecule has 3 aliphatic rings. The largest absolute Gasteiger partial charge is 0.373 e. The van der Waals surface area contributed by atoms with Gasteiger partial charge in [0, 0.05) is 34.8 Å². The molecule has 0 unspecified atom stereocenters. The molecule has 7 nitrogen and oxygen atoms in total. The van der Waals surface area contributed by atoms with E-state index in [0.717, 1.165) is 66.8 Å². The number of nitrogens with zero attached hydrogens (tertiary/aromatic N) is 2. The molecule has 2 bridgehead atoms. The lowest BCUT2D eigenvalue weighted by molar-refractivity contribution is 0.0147. The third kappa shape index (κ3) is 4.18. The van der Waals surface area contributed by atoms with E-state index in [1.54, 1.807) is 11.5 Å². The Hall–Kier alpha value is -3.23. The summed E-state index contributed by atoms with van der Waals surface area (Å²) in [6, 6.07) is 13.7. The second kappa shape index (κ2) is 9.33. The number of ether oxygens (including phenoxy) is 1. The quantitative estimate of drug-likeness (QED) is 0.224. The summed E-state index contributed by atoms with van der Waals surface area (Å²) in [5.74, 6) is 0.568. The van der Waals surface area contributed by atoms with Gasteiger partial charge in [0.2, 0.25) is 0 Å². The van der Waals surface area contributed by atoms with Crippen molar-refractivity contribution in [1.29, 1.82) is 5.41 Å². The fourth-order valence-corrected chi connectivity index (χ4v) is 5.99. The fourth-order valence-electron chi connectivity index (χ4n) is 5.99. The number of hydrogen-bond donors (Lipinski definition) is 3. The highest BCUT2D eigenvalue weighted by Gasteiger charge is 2.42. The van der Waals surface area contributed by atoms with Crippen LogP contribution in [0.3, 0.4) is 0 Å². The molecule has 36 heavy (non-hydrogen) atoms. The highest BCUT2D eigenvalue weighted by molar-refractivity contribution is 5.96.